The van der Waals surface area contributed by atoms with E-state index >= 15 is 0 Å². The van der Waals surface area contributed by atoms with Crippen molar-refractivity contribution >= 4 is 11.9 Å². The lowest BCUT2D eigenvalue weighted by atomic mass is 10.0. The summed E-state index contributed by atoms with van der Waals surface area (Å²) in [7, 11) is 2.05. The van der Waals surface area contributed by atoms with Crippen LogP contribution in [0.5, 0.6) is 0 Å². The molecule has 1 N–H and O–H groups in total. The lowest BCUT2D eigenvalue weighted by molar-refractivity contribution is -0.124. The minimum absolute atomic E-state index is 0.145. The van der Waals surface area contributed by atoms with Gasteiger partial charge < -0.3 is 10.2 Å². The molecule has 5 nitrogen and oxygen atoms in total. The molecule has 3 rings (SSSR count). The van der Waals surface area contributed by atoms with Crippen LogP contribution in [0.3, 0.4) is 0 Å². The van der Waals surface area contributed by atoms with Crippen LogP contribution in [0, 0.1) is 0 Å². The van der Waals surface area contributed by atoms with Crippen LogP contribution in [0.25, 0.3) is 0 Å². The third-order valence-electron chi connectivity index (χ3n) is 3.14. The van der Waals surface area contributed by atoms with E-state index in [1.807, 2.05) is 7.05 Å². The summed E-state index contributed by atoms with van der Waals surface area (Å²) in [6.07, 6.45) is 0.921. The van der Waals surface area contributed by atoms with Gasteiger partial charge in [-0.15, -0.1) is 0 Å². The Hall–Kier alpha value is -1.36. The highest BCUT2D eigenvalue weighted by atomic mass is 16.2. The van der Waals surface area contributed by atoms with Crippen molar-refractivity contribution in [1.29, 1.82) is 0 Å². The molecule has 0 saturated heterocycles. The van der Waals surface area contributed by atoms with Gasteiger partial charge in [0.05, 0.1) is 12.1 Å². The smallest absolute Gasteiger partial charge is 0.259 e. The fourth-order valence-electron chi connectivity index (χ4n) is 2.28. The Balaban J connectivity index is 1.97. The maximum atomic E-state index is 12.1. The van der Waals surface area contributed by atoms with Gasteiger partial charge in [0.2, 0.25) is 5.96 Å². The van der Waals surface area contributed by atoms with Gasteiger partial charge in [-0.25, -0.2) is 0 Å². The first-order valence-corrected chi connectivity index (χ1v) is 5.29. The van der Waals surface area contributed by atoms with Crippen LogP contribution in [-0.2, 0) is 4.79 Å². The molecule has 0 atom stereocenters. The number of aliphatic imine (C=N–C) groups is 1. The van der Waals surface area contributed by atoms with Gasteiger partial charge in [0, 0.05) is 31.8 Å². The van der Waals surface area contributed by atoms with Crippen molar-refractivity contribution in [2.75, 3.05) is 33.2 Å². The number of nitrogens with zero attached hydrogens (tertiary/aromatic N) is 3. The first kappa shape index (κ1) is 8.91. The van der Waals surface area contributed by atoms with E-state index in [1.54, 1.807) is 4.90 Å². The molecule has 3 aliphatic rings. The molecule has 5 heteroatoms. The van der Waals surface area contributed by atoms with Crippen LogP contribution in [0.15, 0.2) is 16.3 Å². The maximum absolute atomic E-state index is 12.1. The maximum Gasteiger partial charge on any atom is 0.259 e. The summed E-state index contributed by atoms with van der Waals surface area (Å²) in [4.78, 5) is 20.3. The number of fused-ring (bicyclic) bond motifs is 1. The van der Waals surface area contributed by atoms with Crippen molar-refractivity contribution in [2.24, 2.45) is 4.99 Å². The van der Waals surface area contributed by atoms with E-state index in [9.17, 15) is 4.79 Å². The number of rotatable bonds is 0. The fourth-order valence-corrected chi connectivity index (χ4v) is 2.28. The monoisotopic (exact) mass is 206 g/mol. The zero-order valence-corrected chi connectivity index (χ0v) is 8.79. The molecule has 0 radical (unpaired) electrons. The number of hydrogen-bond donors (Lipinski definition) is 1. The molecule has 0 aromatic carbocycles. The van der Waals surface area contributed by atoms with Crippen molar-refractivity contribution in [3.63, 3.8) is 0 Å². The first-order valence-electron chi connectivity index (χ1n) is 5.29. The van der Waals surface area contributed by atoms with Crippen molar-refractivity contribution in [2.45, 2.75) is 6.42 Å². The predicted molar refractivity (Wildman–Crippen MR) is 56.3 cm³/mol. The van der Waals surface area contributed by atoms with Gasteiger partial charge >= 0.3 is 0 Å². The molecule has 0 fully saturated rings. The number of guanidine groups is 1. The second-order valence-corrected chi connectivity index (χ2v) is 4.23. The van der Waals surface area contributed by atoms with E-state index in [4.69, 9.17) is 0 Å². The van der Waals surface area contributed by atoms with Crippen LogP contribution < -0.4 is 5.32 Å². The molecule has 3 heterocycles. The fraction of sp³-hybridized carbons (Fsp3) is 0.600. The molecule has 0 unspecified atom stereocenters. The molecule has 0 aromatic rings. The Labute approximate surface area is 88.4 Å². The second-order valence-electron chi connectivity index (χ2n) is 4.23. The minimum Gasteiger partial charge on any atom is -0.329 e. The van der Waals surface area contributed by atoms with Gasteiger partial charge in [0.15, 0.2) is 0 Å². The Morgan fingerprint density at radius 1 is 1.40 bits per heavy atom. The molecule has 0 saturated carbocycles. The summed E-state index contributed by atoms with van der Waals surface area (Å²) in [5.74, 6) is 0.898. The third-order valence-corrected chi connectivity index (χ3v) is 3.14. The highest BCUT2D eigenvalue weighted by molar-refractivity contribution is 6.10. The molecule has 0 aliphatic carbocycles. The minimum atomic E-state index is 0.145. The Morgan fingerprint density at radius 2 is 2.27 bits per heavy atom. The van der Waals surface area contributed by atoms with Gasteiger partial charge in [-0.2, -0.15) is 0 Å². The summed E-state index contributed by atoms with van der Waals surface area (Å²) < 4.78 is 0. The summed E-state index contributed by atoms with van der Waals surface area (Å²) >= 11 is 0. The van der Waals surface area contributed by atoms with Crippen molar-refractivity contribution in [3.05, 3.63) is 11.3 Å². The van der Waals surface area contributed by atoms with Gasteiger partial charge in [-0.05, 0) is 7.05 Å². The Kier molecular flexibility index (Phi) is 1.82. The predicted octanol–water partition coefficient (Wildman–Crippen LogP) is -0.623. The molecule has 0 bridgehead atoms. The average molecular weight is 206 g/mol. The van der Waals surface area contributed by atoms with Gasteiger partial charge in [0.1, 0.15) is 0 Å². The highest BCUT2D eigenvalue weighted by Gasteiger charge is 2.35. The van der Waals surface area contributed by atoms with E-state index in [-0.39, 0.29) is 5.91 Å². The lowest BCUT2D eigenvalue weighted by Gasteiger charge is -2.34. The van der Waals surface area contributed by atoms with Gasteiger partial charge in [0.25, 0.3) is 5.91 Å². The number of carbonyl (C=O) groups is 1. The molecule has 15 heavy (non-hydrogen) atoms. The van der Waals surface area contributed by atoms with E-state index in [1.165, 1.54) is 0 Å². The number of amides is 1. The zero-order valence-electron chi connectivity index (χ0n) is 8.79. The second kappa shape index (κ2) is 3.06. The zero-order chi connectivity index (χ0) is 10.4. The van der Waals surface area contributed by atoms with Crippen molar-refractivity contribution < 1.29 is 4.79 Å². The van der Waals surface area contributed by atoms with E-state index in [0.29, 0.717) is 0 Å². The molecular weight excluding hydrogens is 192 g/mol. The average Bonchev–Trinajstić information content (AvgIpc) is 2.68. The normalized spacial score (nSPS) is 26.1. The summed E-state index contributed by atoms with van der Waals surface area (Å²) in [6, 6.07) is 0. The van der Waals surface area contributed by atoms with Crippen molar-refractivity contribution in [3.8, 4) is 0 Å². The van der Waals surface area contributed by atoms with Crippen LogP contribution in [0.1, 0.15) is 6.42 Å². The Bertz CT molecular complexity index is 385. The van der Waals surface area contributed by atoms with Crippen LogP contribution in [-0.4, -0.2) is 54.9 Å². The summed E-state index contributed by atoms with van der Waals surface area (Å²) in [6.45, 7) is 3.21. The lowest BCUT2D eigenvalue weighted by Crippen LogP contribution is -2.51. The van der Waals surface area contributed by atoms with Gasteiger partial charge in [-0.1, -0.05) is 0 Å². The van der Waals surface area contributed by atoms with Crippen LogP contribution in [0.2, 0.25) is 0 Å². The van der Waals surface area contributed by atoms with Crippen LogP contribution in [0.4, 0.5) is 0 Å². The first-order chi connectivity index (χ1) is 7.25. The molecule has 0 spiro atoms. The topological polar surface area (TPSA) is 47.9 Å². The SMILES string of the molecule is CN1CCC2=C(C1)C(=O)N1CCN=C1N2. The van der Waals surface area contributed by atoms with Crippen molar-refractivity contribution in [1.82, 2.24) is 15.1 Å². The number of hydrogen-bond acceptors (Lipinski definition) is 4. The van der Waals surface area contributed by atoms with E-state index in [0.717, 1.165) is 49.8 Å². The molecule has 3 aliphatic heterocycles. The standard InChI is InChI=1S/C10H14N4O/c1-13-4-2-8-7(6-13)9(15)14-5-3-11-10(14)12-8/h2-6H2,1H3,(H,11,12). The highest BCUT2D eigenvalue weighted by Crippen LogP contribution is 2.22. The Morgan fingerprint density at radius 3 is 3.13 bits per heavy atom. The third kappa shape index (κ3) is 1.26. The molecule has 80 valence electrons. The van der Waals surface area contributed by atoms with E-state index in [2.05, 4.69) is 15.2 Å². The van der Waals surface area contributed by atoms with Crippen LogP contribution >= 0.6 is 0 Å². The van der Waals surface area contributed by atoms with Gasteiger partial charge in [-0.3, -0.25) is 14.7 Å². The molecule has 0 aromatic heterocycles. The molecular formula is C10H14N4O. The quantitative estimate of drug-likeness (QED) is 0.574. The summed E-state index contributed by atoms with van der Waals surface area (Å²) in [5, 5.41) is 3.28. The number of likely N-dealkylation sites (N-methyl/N-ethyl adjacent to an activating group) is 1. The number of carbonyl (C=O) groups excluding carboxylic acids is 1. The van der Waals surface area contributed by atoms with E-state index < -0.39 is 0 Å². The number of nitrogens with one attached hydrogen (secondary N) is 1. The summed E-state index contributed by atoms with van der Waals surface area (Å²) in [5.41, 5.74) is 2.00. The molecule has 1 amide bonds. The largest absolute Gasteiger partial charge is 0.329 e.